The third kappa shape index (κ3) is 6.51. The molecule has 0 saturated heterocycles. The lowest BCUT2D eigenvalue weighted by atomic mass is 10.2. The highest BCUT2D eigenvalue weighted by atomic mass is 32.2. The fraction of sp³-hybridized carbons (Fsp3) is 0.136. The van der Waals surface area contributed by atoms with E-state index in [0.29, 0.717) is 0 Å². The van der Waals surface area contributed by atoms with Crippen molar-refractivity contribution in [2.75, 3.05) is 23.3 Å². The first-order valence-corrected chi connectivity index (χ1v) is 11.2. The quantitative estimate of drug-likeness (QED) is 0.449. The molecule has 0 unspecified atom stereocenters. The van der Waals surface area contributed by atoms with Crippen molar-refractivity contribution in [2.24, 2.45) is 0 Å². The molecule has 12 heteroatoms. The molecule has 3 aromatic rings. The minimum atomic E-state index is -4.62. The van der Waals surface area contributed by atoms with Gasteiger partial charge in [0.05, 0.1) is 10.5 Å². The van der Waals surface area contributed by atoms with Crippen LogP contribution < -0.4 is 14.9 Å². The maximum Gasteiger partial charge on any atom is 0.416 e. The number of rotatable bonds is 7. The first-order valence-electron chi connectivity index (χ1n) is 9.72. The van der Waals surface area contributed by atoms with Crippen molar-refractivity contribution in [3.8, 4) is 0 Å². The lowest BCUT2D eigenvalue weighted by Crippen LogP contribution is -2.41. The van der Waals surface area contributed by atoms with Gasteiger partial charge < -0.3 is 5.32 Å². The molecular weight excluding hydrogens is 481 g/mol. The summed E-state index contributed by atoms with van der Waals surface area (Å²) in [6.45, 7) is -0.552. The van der Waals surface area contributed by atoms with Gasteiger partial charge in [0.25, 0.3) is 0 Å². The van der Waals surface area contributed by atoms with Crippen molar-refractivity contribution in [1.82, 2.24) is 4.72 Å². The van der Waals surface area contributed by atoms with Crippen LogP contribution in [0.1, 0.15) is 5.56 Å². The van der Waals surface area contributed by atoms with E-state index in [9.17, 15) is 35.2 Å². The summed E-state index contributed by atoms with van der Waals surface area (Å²) in [5.74, 6) is -1.20. The number of alkyl halides is 3. The number of benzene rings is 3. The zero-order valence-electron chi connectivity index (χ0n) is 17.3. The number of amides is 2. The predicted octanol–water partition coefficient (Wildman–Crippen LogP) is 5.00. The number of anilines is 2. The maximum atomic E-state index is 13.3. The molecule has 180 valence electrons. The third-order valence-electron chi connectivity index (χ3n) is 4.58. The van der Waals surface area contributed by atoms with Crippen molar-refractivity contribution in [2.45, 2.75) is 11.1 Å². The Morgan fingerprint density at radius 2 is 1.47 bits per heavy atom. The second-order valence-corrected chi connectivity index (χ2v) is 8.76. The van der Waals surface area contributed by atoms with Crippen LogP contribution in [0.4, 0.5) is 38.1 Å². The van der Waals surface area contributed by atoms with Crippen LogP contribution in [0.2, 0.25) is 0 Å². The van der Waals surface area contributed by atoms with Crippen molar-refractivity contribution in [1.29, 1.82) is 0 Å². The molecule has 0 aliphatic carbocycles. The van der Waals surface area contributed by atoms with Crippen LogP contribution in [0.3, 0.4) is 0 Å². The lowest BCUT2D eigenvalue weighted by molar-refractivity contribution is -0.137. The van der Waals surface area contributed by atoms with Gasteiger partial charge in [-0.1, -0.05) is 6.07 Å². The van der Waals surface area contributed by atoms with Crippen molar-refractivity contribution >= 4 is 27.4 Å². The van der Waals surface area contributed by atoms with Crippen LogP contribution in [0.5, 0.6) is 0 Å². The molecule has 34 heavy (non-hydrogen) atoms. The zero-order valence-corrected chi connectivity index (χ0v) is 18.1. The Morgan fingerprint density at radius 3 is 2.06 bits per heavy atom. The highest BCUT2D eigenvalue weighted by molar-refractivity contribution is 7.89. The van der Waals surface area contributed by atoms with Crippen molar-refractivity contribution in [3.63, 3.8) is 0 Å². The Balaban J connectivity index is 1.77. The molecule has 6 nitrogen and oxygen atoms in total. The summed E-state index contributed by atoms with van der Waals surface area (Å²) >= 11 is 0. The lowest BCUT2D eigenvalue weighted by Gasteiger charge is -2.24. The molecule has 0 heterocycles. The summed E-state index contributed by atoms with van der Waals surface area (Å²) in [5, 5.41) is 2.33. The minimum absolute atomic E-state index is 0.140. The van der Waals surface area contributed by atoms with Gasteiger partial charge in [0.1, 0.15) is 11.6 Å². The van der Waals surface area contributed by atoms with E-state index in [2.05, 4.69) is 10.0 Å². The number of sulfonamides is 1. The molecule has 2 N–H and O–H groups in total. The van der Waals surface area contributed by atoms with Gasteiger partial charge in [-0.2, -0.15) is 13.2 Å². The van der Waals surface area contributed by atoms with E-state index in [-0.39, 0.29) is 29.4 Å². The number of carbonyl (C=O) groups is 1. The monoisotopic (exact) mass is 499 g/mol. The molecule has 0 aliphatic heterocycles. The molecule has 0 aromatic heterocycles. The number of urea groups is 1. The first-order chi connectivity index (χ1) is 16.0. The summed E-state index contributed by atoms with van der Waals surface area (Å²) in [4.78, 5) is 13.7. The highest BCUT2D eigenvalue weighted by Gasteiger charge is 2.30. The smallest absolute Gasteiger partial charge is 0.308 e. The van der Waals surface area contributed by atoms with Gasteiger partial charge in [-0.3, -0.25) is 4.90 Å². The van der Waals surface area contributed by atoms with E-state index in [1.165, 1.54) is 18.2 Å². The Hall–Kier alpha value is -3.51. The normalized spacial score (nSPS) is 11.8. The van der Waals surface area contributed by atoms with E-state index in [0.717, 1.165) is 59.5 Å². The predicted molar refractivity (Wildman–Crippen MR) is 116 cm³/mol. The Morgan fingerprint density at radius 1 is 0.882 bits per heavy atom. The fourth-order valence-corrected chi connectivity index (χ4v) is 3.94. The molecule has 0 fully saturated rings. The molecule has 0 bridgehead atoms. The number of halogens is 5. The number of hydrogen-bond donors (Lipinski definition) is 2. The molecule has 0 atom stereocenters. The minimum Gasteiger partial charge on any atom is -0.308 e. The summed E-state index contributed by atoms with van der Waals surface area (Å²) in [5.41, 5.74) is -0.934. The average molecular weight is 499 g/mol. The molecule has 3 rings (SSSR count). The highest BCUT2D eigenvalue weighted by Crippen LogP contribution is 2.30. The van der Waals surface area contributed by atoms with Crippen LogP contribution in [0.15, 0.2) is 77.7 Å². The van der Waals surface area contributed by atoms with Gasteiger partial charge in [-0.05, 0) is 66.7 Å². The third-order valence-corrected chi connectivity index (χ3v) is 6.05. The number of carbonyl (C=O) groups excluding carboxylic acids is 1. The summed E-state index contributed by atoms with van der Waals surface area (Å²) < 4.78 is 92.3. The van der Waals surface area contributed by atoms with Gasteiger partial charge in [0, 0.05) is 24.5 Å². The van der Waals surface area contributed by atoms with Crippen LogP contribution in [-0.4, -0.2) is 27.5 Å². The molecule has 3 aromatic carbocycles. The Labute approximate surface area is 192 Å². The first kappa shape index (κ1) is 25.1. The number of nitrogens with one attached hydrogen (secondary N) is 2. The van der Waals surface area contributed by atoms with Gasteiger partial charge in [0.2, 0.25) is 10.0 Å². The molecule has 0 spiro atoms. The number of nitrogens with zero attached hydrogens (tertiary/aromatic N) is 1. The van der Waals surface area contributed by atoms with E-state index in [4.69, 9.17) is 0 Å². The summed E-state index contributed by atoms with van der Waals surface area (Å²) in [7, 11) is -4.03. The topological polar surface area (TPSA) is 78.5 Å². The van der Waals surface area contributed by atoms with Crippen molar-refractivity contribution < 1.29 is 35.2 Å². The molecule has 2 amide bonds. The van der Waals surface area contributed by atoms with E-state index in [1.54, 1.807) is 0 Å². The Kier molecular flexibility index (Phi) is 7.52. The largest absolute Gasteiger partial charge is 0.416 e. The average Bonchev–Trinajstić information content (AvgIpc) is 2.77. The van der Waals surface area contributed by atoms with Crippen LogP contribution in [-0.2, 0) is 16.2 Å². The van der Waals surface area contributed by atoms with Gasteiger partial charge in [0.15, 0.2) is 0 Å². The molecular formula is C22H18F5N3O3S. The van der Waals surface area contributed by atoms with Gasteiger partial charge in [-0.15, -0.1) is 0 Å². The second kappa shape index (κ2) is 10.2. The maximum absolute atomic E-state index is 13.3. The van der Waals surface area contributed by atoms with Gasteiger partial charge >= 0.3 is 12.2 Å². The van der Waals surface area contributed by atoms with Crippen LogP contribution >= 0.6 is 0 Å². The summed E-state index contributed by atoms with van der Waals surface area (Å²) in [6, 6.07) is 11.8. The van der Waals surface area contributed by atoms with Crippen LogP contribution in [0, 0.1) is 11.6 Å². The summed E-state index contributed by atoms with van der Waals surface area (Å²) in [6.07, 6.45) is -4.62. The second-order valence-electron chi connectivity index (χ2n) is 6.99. The van der Waals surface area contributed by atoms with Gasteiger partial charge in [-0.25, -0.2) is 26.7 Å². The molecule has 0 aliphatic rings. The number of hydrogen-bond acceptors (Lipinski definition) is 3. The standard InChI is InChI=1S/C22H18F5N3O3S/c23-16-4-8-19(9-5-16)30(13-12-28-34(32,33)20-10-6-17(24)7-11-20)21(31)29-18-3-1-2-15(14-18)22(25,26)27/h1-11,14,28H,12-13H2,(H,29,31). The SMILES string of the molecule is O=C(Nc1cccc(C(F)(F)F)c1)N(CCNS(=O)(=O)c1ccc(F)cc1)c1ccc(F)cc1. The van der Waals surface area contributed by atoms with E-state index < -0.39 is 39.4 Å². The van der Waals surface area contributed by atoms with Crippen molar-refractivity contribution in [3.05, 3.63) is 90.0 Å². The van der Waals surface area contributed by atoms with E-state index in [1.807, 2.05) is 0 Å². The van der Waals surface area contributed by atoms with Crippen LogP contribution in [0.25, 0.3) is 0 Å². The van der Waals surface area contributed by atoms with E-state index >= 15 is 0 Å². The Bertz CT molecular complexity index is 1250. The molecule has 0 saturated carbocycles. The fourth-order valence-electron chi connectivity index (χ4n) is 2.92. The zero-order chi connectivity index (χ0) is 24.9. The molecule has 0 radical (unpaired) electrons.